The van der Waals surface area contributed by atoms with E-state index in [1.807, 2.05) is 98.8 Å². The van der Waals surface area contributed by atoms with E-state index in [9.17, 15) is 5.26 Å². The van der Waals surface area contributed by atoms with Gasteiger partial charge in [-0.15, -0.1) is 0 Å². The van der Waals surface area contributed by atoms with Crippen LogP contribution in [0.4, 0.5) is 11.4 Å². The van der Waals surface area contributed by atoms with Crippen molar-refractivity contribution in [1.82, 2.24) is 24.1 Å². The summed E-state index contributed by atoms with van der Waals surface area (Å²) in [5.41, 5.74) is 10.7. The Morgan fingerprint density at radius 3 is 1.38 bits per heavy atom. The van der Waals surface area contributed by atoms with Gasteiger partial charge in [-0.3, -0.25) is 0 Å². The number of para-hydroxylation sites is 4. The number of hydrogen-bond acceptors (Lipinski definition) is 4. The highest BCUT2D eigenvalue weighted by Gasteiger charge is 2.24. The van der Waals surface area contributed by atoms with E-state index in [1.54, 1.807) is 0 Å². The second kappa shape index (κ2) is 13.4. The molecule has 0 aliphatic heterocycles. The molecule has 10 aromatic rings. The molecular weight excluding hydrogens is 713 g/mol. The quantitative estimate of drug-likeness (QED) is 0.164. The van der Waals surface area contributed by atoms with Crippen LogP contribution in [0.3, 0.4) is 0 Å². The van der Waals surface area contributed by atoms with Crippen molar-refractivity contribution in [3.05, 3.63) is 186 Å². The Morgan fingerprint density at radius 1 is 0.483 bits per heavy atom. The molecule has 3 heterocycles. The van der Waals surface area contributed by atoms with Crippen LogP contribution >= 0.6 is 0 Å². The van der Waals surface area contributed by atoms with Gasteiger partial charge in [0.15, 0.2) is 17.2 Å². The third-order valence-electron chi connectivity index (χ3n) is 10.8. The van der Waals surface area contributed by atoms with Crippen LogP contribution in [0.25, 0.3) is 98.3 Å². The van der Waals surface area contributed by atoms with E-state index in [2.05, 4.69) is 90.5 Å². The molecule has 0 amide bonds. The summed E-state index contributed by atoms with van der Waals surface area (Å²) in [6.07, 6.45) is 0. The average molecular weight is 743 g/mol. The number of aromatic nitrogens is 5. The normalized spacial score (nSPS) is 11.2. The van der Waals surface area contributed by atoms with Crippen LogP contribution in [0.2, 0.25) is 0 Å². The molecule has 0 radical (unpaired) electrons. The Labute approximate surface area is 333 Å². The summed E-state index contributed by atoms with van der Waals surface area (Å²) in [6, 6.07) is 51.0. The first-order chi connectivity index (χ1) is 28.4. The Morgan fingerprint density at radius 2 is 0.914 bits per heavy atom. The van der Waals surface area contributed by atoms with Gasteiger partial charge in [-0.1, -0.05) is 109 Å². The molecular formula is C50H30N8. The van der Waals surface area contributed by atoms with Crippen molar-refractivity contribution in [2.75, 3.05) is 0 Å². The molecule has 0 saturated carbocycles. The topological polar surface area (TPSA) is 81.0 Å². The fourth-order valence-corrected chi connectivity index (χ4v) is 8.38. The third kappa shape index (κ3) is 5.31. The van der Waals surface area contributed by atoms with Crippen LogP contribution in [0.5, 0.6) is 0 Å². The zero-order valence-electron chi connectivity index (χ0n) is 31.4. The third-order valence-corrected chi connectivity index (χ3v) is 10.8. The van der Waals surface area contributed by atoms with Crippen LogP contribution in [-0.2, 0) is 0 Å². The molecule has 0 N–H and O–H groups in total. The number of benzene rings is 7. The molecule has 270 valence electrons. The minimum absolute atomic E-state index is 0.454. The zero-order valence-corrected chi connectivity index (χ0v) is 31.4. The lowest BCUT2D eigenvalue weighted by atomic mass is 10.0. The second-order valence-corrected chi connectivity index (χ2v) is 14.2. The van der Waals surface area contributed by atoms with Crippen LogP contribution in [-0.4, -0.2) is 24.1 Å². The predicted octanol–water partition coefficient (Wildman–Crippen LogP) is 12.7. The van der Waals surface area contributed by atoms with E-state index in [1.165, 1.54) is 0 Å². The van der Waals surface area contributed by atoms with Crippen LogP contribution in [0.15, 0.2) is 146 Å². The van der Waals surface area contributed by atoms with Crippen molar-refractivity contribution in [3.63, 3.8) is 0 Å². The van der Waals surface area contributed by atoms with Gasteiger partial charge in [0.05, 0.1) is 46.6 Å². The molecule has 0 fully saturated rings. The van der Waals surface area contributed by atoms with Crippen molar-refractivity contribution < 1.29 is 0 Å². The van der Waals surface area contributed by atoms with Crippen molar-refractivity contribution >= 4 is 55.0 Å². The summed E-state index contributed by atoms with van der Waals surface area (Å²) >= 11 is 0. The van der Waals surface area contributed by atoms with E-state index >= 15 is 0 Å². The largest absolute Gasteiger partial charge is 0.308 e. The highest BCUT2D eigenvalue weighted by molar-refractivity contribution is 6.12. The molecule has 0 aliphatic rings. The van der Waals surface area contributed by atoms with Gasteiger partial charge in [0.1, 0.15) is 23.3 Å². The van der Waals surface area contributed by atoms with Crippen molar-refractivity contribution in [2.45, 2.75) is 13.8 Å². The Bertz CT molecular complexity index is 3260. The number of fused-ring (bicyclic) bond motifs is 6. The zero-order chi connectivity index (χ0) is 39.5. The molecule has 0 saturated heterocycles. The second-order valence-electron chi connectivity index (χ2n) is 14.2. The molecule has 10 rings (SSSR count). The maximum Gasteiger partial charge on any atom is 0.194 e. The summed E-state index contributed by atoms with van der Waals surface area (Å²) in [7, 11) is 0. The van der Waals surface area contributed by atoms with Gasteiger partial charge in [0.2, 0.25) is 0 Å². The van der Waals surface area contributed by atoms with Crippen molar-refractivity contribution in [2.24, 2.45) is 0 Å². The highest BCUT2D eigenvalue weighted by atomic mass is 15.0. The highest BCUT2D eigenvalue weighted by Crippen LogP contribution is 2.42. The van der Waals surface area contributed by atoms with Crippen LogP contribution in [0.1, 0.15) is 17.2 Å². The van der Waals surface area contributed by atoms with E-state index < -0.39 is 0 Å². The maximum absolute atomic E-state index is 11.5. The van der Waals surface area contributed by atoms with Gasteiger partial charge in [0, 0.05) is 27.1 Å². The lowest BCUT2D eigenvalue weighted by Gasteiger charge is -2.18. The van der Waals surface area contributed by atoms with Gasteiger partial charge in [-0.05, 0) is 72.5 Å². The Hall–Kier alpha value is -8.38. The van der Waals surface area contributed by atoms with Gasteiger partial charge in [0.25, 0.3) is 0 Å². The first-order valence-corrected chi connectivity index (χ1v) is 18.7. The Kier molecular flexibility index (Phi) is 7.90. The van der Waals surface area contributed by atoms with Gasteiger partial charge >= 0.3 is 0 Å². The molecule has 7 aromatic carbocycles. The number of hydrogen-bond donors (Lipinski definition) is 0. The molecule has 0 aliphatic carbocycles. The standard InChI is InChI=1S/C50H30N8/c1-30-54-31(2)56-50(55-30)34-27-48(57-44-19-11-7-15-37(44)39-23-21-32(25-46(39)57)35-13-5-9-17-42(35)52-3)41(29-51)49(28-34)58-45-20-12-8-16-38(45)40-24-22-33(26-47(40)58)36-14-6-10-18-43(36)53-4/h5-28H,1-2H3. The fourth-order valence-electron chi connectivity index (χ4n) is 8.38. The number of nitriles is 1. The monoisotopic (exact) mass is 742 g/mol. The minimum Gasteiger partial charge on any atom is -0.308 e. The first-order valence-electron chi connectivity index (χ1n) is 18.7. The SMILES string of the molecule is [C-]#[N+]c1ccccc1-c1ccc2c3ccccc3n(-c3cc(-c4nc(C)nc(C)n4)cc(-n4c5ccccc5c5ccc(-c6ccccc6[N+]#[C-])cc54)c3C#N)c2c1. The van der Waals surface area contributed by atoms with E-state index in [0.717, 1.165) is 71.4 Å². The van der Waals surface area contributed by atoms with E-state index in [4.69, 9.17) is 23.1 Å². The number of rotatable bonds is 5. The fraction of sp³-hybridized carbons (Fsp3) is 0.0400. The molecule has 0 spiro atoms. The maximum atomic E-state index is 11.5. The summed E-state index contributed by atoms with van der Waals surface area (Å²) in [6.45, 7) is 19.5. The molecule has 0 bridgehead atoms. The molecule has 0 atom stereocenters. The lowest BCUT2D eigenvalue weighted by Crippen LogP contribution is -2.07. The molecule has 58 heavy (non-hydrogen) atoms. The number of aryl methyl sites for hydroxylation is 2. The predicted molar refractivity (Wildman–Crippen MR) is 232 cm³/mol. The molecule has 3 aromatic heterocycles. The smallest absolute Gasteiger partial charge is 0.194 e. The lowest BCUT2D eigenvalue weighted by molar-refractivity contribution is 0.927. The number of nitrogens with zero attached hydrogens (tertiary/aromatic N) is 8. The van der Waals surface area contributed by atoms with Gasteiger partial charge in [-0.25, -0.2) is 24.6 Å². The average Bonchev–Trinajstić information content (AvgIpc) is 3.77. The van der Waals surface area contributed by atoms with E-state index in [0.29, 0.717) is 45.8 Å². The minimum atomic E-state index is 0.454. The first kappa shape index (κ1) is 34.1. The molecule has 8 nitrogen and oxygen atoms in total. The van der Waals surface area contributed by atoms with Crippen molar-refractivity contribution in [3.8, 4) is 51.1 Å². The summed E-state index contributed by atoms with van der Waals surface area (Å²) < 4.78 is 4.32. The van der Waals surface area contributed by atoms with Crippen molar-refractivity contribution in [1.29, 1.82) is 5.26 Å². The van der Waals surface area contributed by atoms with Crippen LogP contribution < -0.4 is 0 Å². The molecule has 0 unspecified atom stereocenters. The molecule has 8 heteroatoms. The Balaban J connectivity index is 1.35. The van der Waals surface area contributed by atoms with Gasteiger partial charge < -0.3 is 9.13 Å². The van der Waals surface area contributed by atoms with E-state index in [-0.39, 0.29) is 0 Å². The summed E-state index contributed by atoms with van der Waals surface area (Å²) in [5.74, 6) is 1.68. The summed E-state index contributed by atoms with van der Waals surface area (Å²) in [5, 5.41) is 15.5. The summed E-state index contributed by atoms with van der Waals surface area (Å²) in [4.78, 5) is 21.8. The van der Waals surface area contributed by atoms with Gasteiger partial charge in [-0.2, -0.15) is 5.26 Å². The van der Waals surface area contributed by atoms with Crippen LogP contribution in [0, 0.1) is 38.3 Å².